The van der Waals surface area contributed by atoms with Crippen molar-refractivity contribution < 1.29 is 4.79 Å². The van der Waals surface area contributed by atoms with E-state index in [9.17, 15) is 4.79 Å². The van der Waals surface area contributed by atoms with Crippen LogP contribution in [0.2, 0.25) is 0 Å². The van der Waals surface area contributed by atoms with Gasteiger partial charge in [0.1, 0.15) is 5.78 Å². The lowest BCUT2D eigenvalue weighted by Gasteiger charge is -2.30. The van der Waals surface area contributed by atoms with E-state index in [4.69, 9.17) is 0 Å². The molecule has 0 amide bonds. The molecule has 1 heterocycles. The van der Waals surface area contributed by atoms with Gasteiger partial charge in [0.2, 0.25) is 0 Å². The fourth-order valence-electron chi connectivity index (χ4n) is 1.09. The summed E-state index contributed by atoms with van der Waals surface area (Å²) in [5, 5.41) is 0. The lowest BCUT2D eigenvalue weighted by atomic mass is 9.97. The Morgan fingerprint density at radius 1 is 1.60 bits per heavy atom. The first-order chi connectivity index (χ1) is 4.51. The van der Waals surface area contributed by atoms with Gasteiger partial charge in [-0.05, 0) is 0 Å². The summed E-state index contributed by atoms with van der Waals surface area (Å²) in [5.74, 6) is 1.73. The van der Waals surface area contributed by atoms with Gasteiger partial charge < -0.3 is 0 Å². The fourth-order valence-corrected chi connectivity index (χ4v) is 2.22. The maximum Gasteiger partial charge on any atom is 0.137 e. The van der Waals surface area contributed by atoms with Gasteiger partial charge in [0.25, 0.3) is 0 Å². The molecule has 1 rings (SSSR count). The molecule has 1 saturated heterocycles. The van der Waals surface area contributed by atoms with Gasteiger partial charge in [-0.1, -0.05) is 20.8 Å². The Bertz CT molecular complexity index is 151. The van der Waals surface area contributed by atoms with Crippen LogP contribution in [-0.2, 0) is 4.79 Å². The van der Waals surface area contributed by atoms with Crippen molar-refractivity contribution in [3.05, 3.63) is 0 Å². The van der Waals surface area contributed by atoms with Crippen molar-refractivity contribution in [3.8, 4) is 0 Å². The lowest BCUT2D eigenvalue weighted by molar-refractivity contribution is -0.122. The van der Waals surface area contributed by atoms with Gasteiger partial charge in [-0.2, -0.15) is 11.8 Å². The zero-order valence-electron chi connectivity index (χ0n) is 6.81. The molecule has 0 aromatic carbocycles. The monoisotopic (exact) mass is 158 g/mol. The zero-order valence-corrected chi connectivity index (χ0v) is 7.62. The van der Waals surface area contributed by atoms with Crippen molar-refractivity contribution in [2.45, 2.75) is 31.9 Å². The van der Waals surface area contributed by atoms with Crippen molar-refractivity contribution in [2.75, 3.05) is 5.75 Å². The SMILES string of the molecule is CC1CSC(C)(C)CC1=O. The first kappa shape index (κ1) is 8.12. The third-order valence-electron chi connectivity index (χ3n) is 1.87. The van der Waals surface area contributed by atoms with Gasteiger partial charge in [-0.15, -0.1) is 0 Å². The predicted molar refractivity (Wildman–Crippen MR) is 45.3 cm³/mol. The second-order valence-electron chi connectivity index (χ2n) is 3.61. The van der Waals surface area contributed by atoms with Crippen molar-refractivity contribution in [3.63, 3.8) is 0 Å². The van der Waals surface area contributed by atoms with Crippen molar-refractivity contribution in [2.24, 2.45) is 5.92 Å². The van der Waals surface area contributed by atoms with E-state index in [2.05, 4.69) is 13.8 Å². The Morgan fingerprint density at radius 3 is 2.60 bits per heavy atom. The van der Waals surface area contributed by atoms with Crippen LogP contribution in [0, 0.1) is 5.92 Å². The van der Waals surface area contributed by atoms with Gasteiger partial charge in [0.15, 0.2) is 0 Å². The van der Waals surface area contributed by atoms with Gasteiger partial charge in [-0.25, -0.2) is 0 Å². The summed E-state index contributed by atoms with van der Waals surface area (Å²) < 4.78 is 0.198. The molecule has 58 valence electrons. The van der Waals surface area contributed by atoms with Crippen LogP contribution in [-0.4, -0.2) is 16.3 Å². The number of ketones is 1. The number of carbonyl (C=O) groups is 1. The van der Waals surface area contributed by atoms with Crippen molar-refractivity contribution >= 4 is 17.5 Å². The molecule has 1 atom stereocenters. The molecule has 0 N–H and O–H groups in total. The number of rotatable bonds is 0. The summed E-state index contributed by atoms with van der Waals surface area (Å²) in [7, 11) is 0. The first-order valence-electron chi connectivity index (χ1n) is 3.68. The third-order valence-corrected chi connectivity index (χ3v) is 3.47. The minimum Gasteiger partial charge on any atom is -0.299 e. The molecule has 1 nitrogen and oxygen atoms in total. The zero-order chi connectivity index (χ0) is 7.78. The first-order valence-corrected chi connectivity index (χ1v) is 4.66. The molecule has 0 aliphatic carbocycles. The Hall–Kier alpha value is 0.0200. The van der Waals surface area contributed by atoms with E-state index < -0.39 is 0 Å². The highest BCUT2D eigenvalue weighted by Gasteiger charge is 2.31. The molecule has 10 heavy (non-hydrogen) atoms. The van der Waals surface area contributed by atoms with E-state index in [0.717, 1.165) is 12.2 Å². The highest BCUT2D eigenvalue weighted by Crippen LogP contribution is 2.35. The van der Waals surface area contributed by atoms with Crippen LogP contribution in [0.25, 0.3) is 0 Å². The molecular formula is C8H14OS. The molecule has 0 spiro atoms. The van der Waals surface area contributed by atoms with Crippen molar-refractivity contribution in [1.29, 1.82) is 0 Å². The minimum atomic E-state index is 0.198. The van der Waals surface area contributed by atoms with E-state index in [1.54, 1.807) is 0 Å². The lowest BCUT2D eigenvalue weighted by Crippen LogP contribution is -2.31. The van der Waals surface area contributed by atoms with Crippen LogP contribution < -0.4 is 0 Å². The second kappa shape index (κ2) is 2.57. The quantitative estimate of drug-likeness (QED) is 0.537. The number of Topliss-reactive ketones (excluding diaryl/α,β-unsaturated/α-hetero) is 1. The maximum atomic E-state index is 11.2. The maximum absolute atomic E-state index is 11.2. The Balaban J connectivity index is 2.57. The summed E-state index contributed by atoms with van der Waals surface area (Å²) in [4.78, 5) is 11.2. The normalized spacial score (nSPS) is 32.3. The number of hydrogen-bond acceptors (Lipinski definition) is 2. The molecule has 0 bridgehead atoms. The van der Waals surface area contributed by atoms with Crippen LogP contribution in [0.15, 0.2) is 0 Å². The van der Waals surface area contributed by atoms with Gasteiger partial charge in [-0.3, -0.25) is 4.79 Å². The molecule has 1 fully saturated rings. The van der Waals surface area contributed by atoms with Gasteiger partial charge in [0, 0.05) is 22.8 Å². The van der Waals surface area contributed by atoms with E-state index in [1.807, 2.05) is 18.7 Å². The fraction of sp³-hybridized carbons (Fsp3) is 0.875. The van der Waals surface area contributed by atoms with Crippen LogP contribution >= 0.6 is 11.8 Å². The summed E-state index contributed by atoms with van der Waals surface area (Å²) in [5.41, 5.74) is 0. The smallest absolute Gasteiger partial charge is 0.137 e. The highest BCUT2D eigenvalue weighted by molar-refractivity contribution is 8.00. The number of carbonyl (C=O) groups excluding carboxylic acids is 1. The van der Waals surface area contributed by atoms with E-state index in [1.165, 1.54) is 0 Å². The van der Waals surface area contributed by atoms with Crippen LogP contribution in [0.5, 0.6) is 0 Å². The molecule has 2 heteroatoms. The molecule has 1 unspecified atom stereocenters. The molecule has 1 aliphatic rings. The average molecular weight is 158 g/mol. The summed E-state index contributed by atoms with van der Waals surface area (Å²) in [6.07, 6.45) is 0.749. The Kier molecular flexibility index (Phi) is 2.09. The predicted octanol–water partition coefficient (Wildman–Crippen LogP) is 2.11. The second-order valence-corrected chi connectivity index (χ2v) is 5.34. The summed E-state index contributed by atoms with van der Waals surface area (Å²) in [6, 6.07) is 0. The van der Waals surface area contributed by atoms with E-state index in [0.29, 0.717) is 5.78 Å². The number of thioether (sulfide) groups is 1. The molecule has 0 radical (unpaired) electrons. The number of hydrogen-bond donors (Lipinski definition) is 0. The molecule has 1 aliphatic heterocycles. The topological polar surface area (TPSA) is 17.1 Å². The Morgan fingerprint density at radius 2 is 2.20 bits per heavy atom. The van der Waals surface area contributed by atoms with Crippen molar-refractivity contribution in [1.82, 2.24) is 0 Å². The van der Waals surface area contributed by atoms with Crippen LogP contribution in [0.1, 0.15) is 27.2 Å². The molecule has 0 aromatic heterocycles. The van der Waals surface area contributed by atoms with Gasteiger partial charge in [0.05, 0.1) is 0 Å². The van der Waals surface area contributed by atoms with E-state index >= 15 is 0 Å². The summed E-state index contributed by atoms with van der Waals surface area (Å²) >= 11 is 1.91. The van der Waals surface area contributed by atoms with Crippen LogP contribution in [0.3, 0.4) is 0 Å². The van der Waals surface area contributed by atoms with Crippen LogP contribution in [0.4, 0.5) is 0 Å². The highest BCUT2D eigenvalue weighted by atomic mass is 32.2. The molecule has 0 aromatic rings. The molecule has 0 saturated carbocycles. The Labute approximate surface area is 66.6 Å². The van der Waals surface area contributed by atoms with Gasteiger partial charge >= 0.3 is 0 Å². The summed E-state index contributed by atoms with van der Waals surface area (Å²) in [6.45, 7) is 6.30. The molecular weight excluding hydrogens is 144 g/mol. The largest absolute Gasteiger partial charge is 0.299 e. The minimum absolute atomic E-state index is 0.198. The standard InChI is InChI=1S/C8H14OS/c1-6-5-10-8(2,3)4-7(6)9/h6H,4-5H2,1-3H3. The average Bonchev–Trinajstić information content (AvgIpc) is 1.79. The third kappa shape index (κ3) is 1.75. The van der Waals surface area contributed by atoms with E-state index in [-0.39, 0.29) is 10.7 Å².